The number of halogens is 1. The van der Waals surface area contributed by atoms with Crippen LogP contribution in [0.4, 0.5) is 5.13 Å². The highest BCUT2D eigenvalue weighted by Gasteiger charge is 2.30. The van der Waals surface area contributed by atoms with Crippen LogP contribution in [0.15, 0.2) is 83.8 Å². The van der Waals surface area contributed by atoms with Crippen molar-refractivity contribution in [2.75, 3.05) is 37.3 Å². The molecule has 6 nitrogen and oxygen atoms in total. The SMILES string of the molecule is CCN(CC)CCN(C(=O)C(c1ccccc1)c1ccccc1)c1nc2ccc(S(C)(=O)=O)cc2s1.Cl. The Balaban J connectivity index is 0.00000380. The second-order valence-electron chi connectivity index (χ2n) is 8.67. The molecule has 0 N–H and O–H groups in total. The Labute approximate surface area is 229 Å². The second-order valence-corrected chi connectivity index (χ2v) is 11.7. The molecule has 0 aliphatic carbocycles. The maximum absolute atomic E-state index is 14.3. The van der Waals surface area contributed by atoms with Crippen LogP contribution in [0.5, 0.6) is 0 Å². The first-order valence-corrected chi connectivity index (χ1v) is 14.8. The number of carbonyl (C=O) groups excluding carboxylic acids is 1. The highest BCUT2D eigenvalue weighted by atomic mass is 35.5. The third kappa shape index (κ3) is 6.76. The molecule has 1 aromatic heterocycles. The first-order valence-electron chi connectivity index (χ1n) is 12.1. The highest BCUT2D eigenvalue weighted by molar-refractivity contribution is 7.90. The summed E-state index contributed by atoms with van der Waals surface area (Å²) < 4.78 is 24.9. The van der Waals surface area contributed by atoms with E-state index in [1.54, 1.807) is 23.1 Å². The average Bonchev–Trinajstić information content (AvgIpc) is 3.30. The first kappa shape index (κ1) is 28.8. The molecule has 1 heterocycles. The van der Waals surface area contributed by atoms with E-state index < -0.39 is 15.8 Å². The maximum Gasteiger partial charge on any atom is 0.240 e. The molecule has 0 spiro atoms. The van der Waals surface area contributed by atoms with Gasteiger partial charge in [0.15, 0.2) is 15.0 Å². The summed E-state index contributed by atoms with van der Waals surface area (Å²) in [6, 6.07) is 24.5. The van der Waals surface area contributed by atoms with Crippen LogP contribution in [0.3, 0.4) is 0 Å². The molecular weight excluding hydrogens is 526 g/mol. The summed E-state index contributed by atoms with van der Waals surface area (Å²) in [5.41, 5.74) is 2.52. The van der Waals surface area contributed by atoms with Crippen LogP contribution < -0.4 is 4.90 Å². The van der Waals surface area contributed by atoms with Crippen molar-refractivity contribution in [1.29, 1.82) is 0 Å². The molecule has 0 bridgehead atoms. The number of sulfone groups is 1. The van der Waals surface area contributed by atoms with Gasteiger partial charge in [-0.2, -0.15) is 0 Å². The van der Waals surface area contributed by atoms with E-state index in [2.05, 4.69) is 18.7 Å². The number of aromatic nitrogens is 1. The molecule has 0 aliphatic heterocycles. The largest absolute Gasteiger partial charge is 0.302 e. The summed E-state index contributed by atoms with van der Waals surface area (Å²) in [7, 11) is -3.34. The number of amides is 1. The normalized spacial score (nSPS) is 11.6. The van der Waals surface area contributed by atoms with E-state index in [-0.39, 0.29) is 23.2 Å². The summed E-state index contributed by atoms with van der Waals surface area (Å²) in [4.78, 5) is 23.4. The van der Waals surface area contributed by atoms with Gasteiger partial charge in [0, 0.05) is 19.3 Å². The zero-order chi connectivity index (χ0) is 25.7. The third-order valence-electron chi connectivity index (χ3n) is 6.32. The van der Waals surface area contributed by atoms with Crippen LogP contribution in [0.2, 0.25) is 0 Å². The molecule has 37 heavy (non-hydrogen) atoms. The van der Waals surface area contributed by atoms with E-state index in [0.29, 0.717) is 23.7 Å². The molecule has 0 fully saturated rings. The van der Waals surface area contributed by atoms with Crippen LogP contribution in [-0.4, -0.2) is 56.6 Å². The molecule has 4 aromatic rings. The van der Waals surface area contributed by atoms with Gasteiger partial charge in [-0.1, -0.05) is 85.8 Å². The van der Waals surface area contributed by atoms with E-state index in [1.807, 2.05) is 60.7 Å². The highest BCUT2D eigenvalue weighted by Crippen LogP contribution is 2.34. The Bertz CT molecular complexity index is 1380. The molecule has 0 unspecified atom stereocenters. The van der Waals surface area contributed by atoms with E-state index in [4.69, 9.17) is 4.98 Å². The van der Waals surface area contributed by atoms with Crippen molar-refractivity contribution >= 4 is 54.8 Å². The average molecular weight is 558 g/mol. The number of hydrogen-bond acceptors (Lipinski definition) is 6. The number of thiazole rings is 1. The predicted molar refractivity (Wildman–Crippen MR) is 155 cm³/mol. The van der Waals surface area contributed by atoms with E-state index >= 15 is 0 Å². The smallest absolute Gasteiger partial charge is 0.240 e. The fourth-order valence-corrected chi connectivity index (χ4v) is 6.00. The van der Waals surface area contributed by atoms with Crippen LogP contribution in [-0.2, 0) is 14.6 Å². The topological polar surface area (TPSA) is 70.6 Å². The number of anilines is 1. The van der Waals surface area contributed by atoms with Crippen molar-refractivity contribution in [3.05, 3.63) is 90.0 Å². The second kappa shape index (κ2) is 12.6. The Hall–Kier alpha value is -2.78. The van der Waals surface area contributed by atoms with Gasteiger partial charge in [0.25, 0.3) is 0 Å². The molecule has 0 aliphatic rings. The Morgan fingerprint density at radius 1 is 0.892 bits per heavy atom. The van der Waals surface area contributed by atoms with Crippen molar-refractivity contribution in [1.82, 2.24) is 9.88 Å². The number of benzene rings is 3. The van der Waals surface area contributed by atoms with Gasteiger partial charge in [-0.25, -0.2) is 13.4 Å². The van der Waals surface area contributed by atoms with Gasteiger partial charge < -0.3 is 4.90 Å². The number of carbonyl (C=O) groups is 1. The fraction of sp³-hybridized carbons (Fsp3) is 0.286. The Kier molecular flexibility index (Phi) is 9.84. The molecule has 0 radical (unpaired) electrons. The zero-order valence-corrected chi connectivity index (χ0v) is 23.7. The Morgan fingerprint density at radius 3 is 1.97 bits per heavy atom. The van der Waals surface area contributed by atoms with E-state index in [9.17, 15) is 13.2 Å². The molecule has 0 atom stereocenters. The van der Waals surface area contributed by atoms with Crippen molar-refractivity contribution < 1.29 is 13.2 Å². The van der Waals surface area contributed by atoms with Crippen LogP contribution in [0.1, 0.15) is 30.9 Å². The quantitative estimate of drug-likeness (QED) is 0.253. The van der Waals surface area contributed by atoms with Crippen LogP contribution in [0, 0.1) is 0 Å². The molecule has 9 heteroatoms. The summed E-state index contributed by atoms with van der Waals surface area (Å²) in [6.45, 7) is 7.18. The minimum atomic E-state index is -3.34. The molecular formula is C28H32ClN3O3S2. The van der Waals surface area contributed by atoms with Gasteiger partial charge in [-0.3, -0.25) is 9.69 Å². The van der Waals surface area contributed by atoms with Gasteiger partial charge in [-0.15, -0.1) is 12.4 Å². The third-order valence-corrected chi connectivity index (χ3v) is 8.47. The van der Waals surface area contributed by atoms with Crippen molar-refractivity contribution in [2.24, 2.45) is 0 Å². The minimum absolute atomic E-state index is 0. The standard InChI is InChI=1S/C28H31N3O3S2.ClH/c1-4-30(5-2)18-19-31(28-29-24-17-16-23(36(3,33)34)20-25(24)35-28)27(32)26(21-12-8-6-9-13-21)22-14-10-7-11-15-22;/h6-17,20,26H,4-5,18-19H2,1-3H3;1H. The van der Waals surface area contributed by atoms with Gasteiger partial charge >= 0.3 is 0 Å². The fourth-order valence-electron chi connectivity index (χ4n) is 4.24. The Morgan fingerprint density at radius 2 is 1.46 bits per heavy atom. The molecule has 4 rings (SSSR count). The summed E-state index contributed by atoms with van der Waals surface area (Å²) in [5, 5.41) is 0.574. The summed E-state index contributed by atoms with van der Waals surface area (Å²) in [6.07, 6.45) is 1.19. The molecule has 196 valence electrons. The van der Waals surface area contributed by atoms with E-state index in [1.165, 1.54) is 17.6 Å². The minimum Gasteiger partial charge on any atom is -0.302 e. The van der Waals surface area contributed by atoms with Gasteiger partial charge in [-0.05, 0) is 42.4 Å². The zero-order valence-electron chi connectivity index (χ0n) is 21.2. The monoisotopic (exact) mass is 557 g/mol. The molecule has 0 saturated carbocycles. The predicted octanol–water partition coefficient (Wildman–Crippen LogP) is 5.63. The number of hydrogen-bond donors (Lipinski definition) is 0. The molecule has 1 amide bonds. The molecule has 3 aromatic carbocycles. The first-order chi connectivity index (χ1) is 17.3. The van der Waals surface area contributed by atoms with Gasteiger partial charge in [0.1, 0.15) is 0 Å². The summed E-state index contributed by atoms with van der Waals surface area (Å²) in [5.74, 6) is -0.537. The van der Waals surface area contributed by atoms with Crippen molar-refractivity contribution in [3.8, 4) is 0 Å². The van der Waals surface area contributed by atoms with Crippen LogP contribution in [0.25, 0.3) is 10.2 Å². The van der Waals surface area contributed by atoms with Gasteiger partial charge in [0.2, 0.25) is 5.91 Å². The van der Waals surface area contributed by atoms with Crippen molar-refractivity contribution in [2.45, 2.75) is 24.7 Å². The lowest BCUT2D eigenvalue weighted by Gasteiger charge is -2.28. The maximum atomic E-state index is 14.3. The van der Waals surface area contributed by atoms with Crippen LogP contribution >= 0.6 is 23.7 Å². The lowest BCUT2D eigenvalue weighted by Crippen LogP contribution is -2.41. The lowest BCUT2D eigenvalue weighted by atomic mass is 9.90. The van der Waals surface area contributed by atoms with Crippen molar-refractivity contribution in [3.63, 3.8) is 0 Å². The number of fused-ring (bicyclic) bond motifs is 1. The summed E-state index contributed by atoms with van der Waals surface area (Å²) >= 11 is 1.35. The number of nitrogens with zero attached hydrogens (tertiary/aromatic N) is 3. The number of likely N-dealkylation sites (N-methyl/N-ethyl adjacent to an activating group) is 1. The van der Waals surface area contributed by atoms with Gasteiger partial charge in [0.05, 0.1) is 21.0 Å². The van der Waals surface area contributed by atoms with E-state index in [0.717, 1.165) is 28.9 Å². The number of rotatable bonds is 10. The lowest BCUT2D eigenvalue weighted by molar-refractivity contribution is -0.119. The molecule has 0 saturated heterocycles.